The van der Waals surface area contributed by atoms with E-state index in [1.807, 2.05) is 0 Å². The third kappa shape index (κ3) is 1.73. The molecule has 0 aromatic rings. The molecule has 1 nitrogen and oxygen atoms in total. The maximum atomic E-state index is 9.88. The lowest BCUT2D eigenvalue weighted by atomic mass is 9.55. The first-order valence-corrected chi connectivity index (χ1v) is 6.87. The van der Waals surface area contributed by atoms with Crippen molar-refractivity contribution in [1.29, 1.82) is 0 Å². The first-order valence-electron chi connectivity index (χ1n) is 6.87. The van der Waals surface area contributed by atoms with Crippen molar-refractivity contribution in [1.82, 2.24) is 0 Å². The predicted molar refractivity (Wildman–Crippen MR) is 61.5 cm³/mol. The molecule has 4 atom stereocenters. The molecule has 4 unspecified atom stereocenters. The lowest BCUT2D eigenvalue weighted by Crippen LogP contribution is -2.43. The summed E-state index contributed by atoms with van der Waals surface area (Å²) in [4.78, 5) is 0. The molecule has 0 aliphatic heterocycles. The number of aliphatic hydroxyl groups excluding tert-OH is 1. The van der Waals surface area contributed by atoms with Crippen LogP contribution in [-0.4, -0.2) is 11.2 Å². The fourth-order valence-electron chi connectivity index (χ4n) is 4.41. The normalized spacial score (nSPS) is 51.2. The maximum absolute atomic E-state index is 9.88. The molecule has 1 heteroatoms. The summed E-state index contributed by atoms with van der Waals surface area (Å²) in [7, 11) is 0. The summed E-state index contributed by atoms with van der Waals surface area (Å²) < 4.78 is 0. The predicted octanol–water partition coefficient (Wildman–Crippen LogP) is 3.36. The molecule has 0 aromatic carbocycles. The Morgan fingerprint density at radius 3 is 2.60 bits per heavy atom. The smallest absolute Gasteiger partial charge is 0.0543 e. The molecule has 1 N–H and O–H groups in total. The monoisotopic (exact) mass is 208 g/mol. The molecule has 3 aliphatic rings. The Labute approximate surface area is 93.3 Å². The van der Waals surface area contributed by atoms with Gasteiger partial charge in [-0.3, -0.25) is 0 Å². The van der Waals surface area contributed by atoms with Gasteiger partial charge in [-0.1, -0.05) is 13.3 Å². The molecule has 0 spiro atoms. The lowest BCUT2D eigenvalue weighted by molar-refractivity contribution is -0.0447. The summed E-state index contributed by atoms with van der Waals surface area (Å²) in [5, 5.41) is 9.88. The van der Waals surface area contributed by atoms with E-state index in [-0.39, 0.29) is 6.10 Å². The molecule has 3 fully saturated rings. The molecule has 0 aromatic heterocycles. The molecule has 86 valence electrons. The molecule has 3 rings (SSSR count). The molecule has 3 aliphatic carbocycles. The lowest BCUT2D eigenvalue weighted by Gasteiger charge is -2.51. The van der Waals surface area contributed by atoms with Crippen LogP contribution in [0.4, 0.5) is 0 Å². The Bertz CT molecular complexity index is 246. The number of hydrogen-bond donors (Lipinski definition) is 1. The molecule has 3 saturated carbocycles. The highest BCUT2D eigenvalue weighted by molar-refractivity contribution is 4.99. The summed E-state index contributed by atoms with van der Waals surface area (Å²) in [6.45, 7) is 2.50. The van der Waals surface area contributed by atoms with Gasteiger partial charge in [0.25, 0.3) is 0 Å². The van der Waals surface area contributed by atoms with Crippen molar-refractivity contribution in [3.8, 4) is 0 Å². The van der Waals surface area contributed by atoms with Crippen molar-refractivity contribution in [2.45, 2.75) is 64.4 Å². The second kappa shape index (κ2) is 3.48. The summed E-state index contributed by atoms with van der Waals surface area (Å²) >= 11 is 0. The Balaban J connectivity index is 1.80. The van der Waals surface area contributed by atoms with E-state index in [0.29, 0.717) is 5.41 Å². The van der Waals surface area contributed by atoms with Gasteiger partial charge in [-0.05, 0) is 68.1 Å². The van der Waals surface area contributed by atoms with E-state index in [1.165, 1.54) is 38.5 Å². The van der Waals surface area contributed by atoms with Crippen LogP contribution in [0.1, 0.15) is 58.3 Å². The molecule has 0 radical (unpaired) electrons. The zero-order valence-corrected chi connectivity index (χ0v) is 9.91. The van der Waals surface area contributed by atoms with Gasteiger partial charge >= 0.3 is 0 Å². The van der Waals surface area contributed by atoms with Crippen molar-refractivity contribution >= 4 is 0 Å². The fourth-order valence-corrected chi connectivity index (χ4v) is 4.41. The average Bonchev–Trinajstić information content (AvgIpc) is 3.02. The van der Waals surface area contributed by atoms with Gasteiger partial charge in [-0.2, -0.15) is 0 Å². The van der Waals surface area contributed by atoms with Crippen LogP contribution >= 0.6 is 0 Å². The number of fused-ring (bicyclic) bond motifs is 1. The van der Waals surface area contributed by atoms with Crippen LogP contribution in [0.5, 0.6) is 0 Å². The summed E-state index contributed by atoms with van der Waals surface area (Å²) in [5.41, 5.74) is 0.588. The second-order valence-corrected chi connectivity index (χ2v) is 6.58. The Kier molecular flexibility index (Phi) is 2.35. The van der Waals surface area contributed by atoms with Gasteiger partial charge in [0.05, 0.1) is 6.10 Å². The van der Waals surface area contributed by atoms with Crippen LogP contribution in [0.25, 0.3) is 0 Å². The van der Waals surface area contributed by atoms with E-state index in [0.717, 1.165) is 30.6 Å². The minimum Gasteiger partial charge on any atom is -0.393 e. The third-order valence-corrected chi connectivity index (χ3v) is 5.50. The van der Waals surface area contributed by atoms with Gasteiger partial charge < -0.3 is 5.11 Å². The maximum Gasteiger partial charge on any atom is 0.0543 e. The topological polar surface area (TPSA) is 20.2 Å². The minimum absolute atomic E-state index is 0.0161. The van der Waals surface area contributed by atoms with Crippen LogP contribution in [0.15, 0.2) is 0 Å². The summed E-state index contributed by atoms with van der Waals surface area (Å²) in [5.74, 6) is 2.86. The zero-order chi connectivity index (χ0) is 10.5. The van der Waals surface area contributed by atoms with Crippen LogP contribution in [0, 0.1) is 23.2 Å². The highest BCUT2D eigenvalue weighted by Gasteiger charge is 2.49. The van der Waals surface area contributed by atoms with E-state index >= 15 is 0 Å². The minimum atomic E-state index is 0.0161. The second-order valence-electron chi connectivity index (χ2n) is 6.58. The molecule has 15 heavy (non-hydrogen) atoms. The molecular weight excluding hydrogens is 184 g/mol. The van der Waals surface area contributed by atoms with Crippen LogP contribution in [0.2, 0.25) is 0 Å². The molecule has 0 saturated heterocycles. The van der Waals surface area contributed by atoms with Crippen molar-refractivity contribution < 1.29 is 5.11 Å². The largest absolute Gasteiger partial charge is 0.393 e. The Hall–Kier alpha value is -0.0400. The fraction of sp³-hybridized carbons (Fsp3) is 1.00. The summed E-state index contributed by atoms with van der Waals surface area (Å²) in [6, 6.07) is 0. The van der Waals surface area contributed by atoms with Crippen molar-refractivity contribution in [3.63, 3.8) is 0 Å². The van der Waals surface area contributed by atoms with E-state index in [2.05, 4.69) is 6.92 Å². The van der Waals surface area contributed by atoms with Crippen molar-refractivity contribution in [2.75, 3.05) is 0 Å². The van der Waals surface area contributed by atoms with Gasteiger partial charge in [-0.25, -0.2) is 0 Å². The van der Waals surface area contributed by atoms with E-state index in [4.69, 9.17) is 0 Å². The van der Waals surface area contributed by atoms with Crippen LogP contribution < -0.4 is 0 Å². The average molecular weight is 208 g/mol. The first kappa shape index (κ1) is 10.1. The van der Waals surface area contributed by atoms with Crippen LogP contribution in [-0.2, 0) is 0 Å². The molecule has 0 bridgehead atoms. The summed E-state index contributed by atoms with van der Waals surface area (Å²) in [6.07, 6.45) is 10.8. The number of rotatable bonds is 1. The third-order valence-electron chi connectivity index (χ3n) is 5.50. The van der Waals surface area contributed by atoms with E-state index in [1.54, 1.807) is 0 Å². The van der Waals surface area contributed by atoms with Gasteiger partial charge in [0.1, 0.15) is 0 Å². The van der Waals surface area contributed by atoms with Crippen molar-refractivity contribution in [2.24, 2.45) is 23.2 Å². The Morgan fingerprint density at radius 1 is 1.07 bits per heavy atom. The van der Waals surface area contributed by atoms with Crippen LogP contribution in [0.3, 0.4) is 0 Å². The highest BCUT2D eigenvalue weighted by atomic mass is 16.3. The van der Waals surface area contributed by atoms with E-state index in [9.17, 15) is 5.11 Å². The highest BCUT2D eigenvalue weighted by Crippen LogP contribution is 2.58. The quantitative estimate of drug-likeness (QED) is 0.700. The van der Waals surface area contributed by atoms with Gasteiger partial charge in [-0.15, -0.1) is 0 Å². The van der Waals surface area contributed by atoms with E-state index < -0.39 is 0 Å². The van der Waals surface area contributed by atoms with Gasteiger partial charge in [0, 0.05) is 0 Å². The Morgan fingerprint density at radius 2 is 1.87 bits per heavy atom. The zero-order valence-electron chi connectivity index (χ0n) is 9.91. The first-order chi connectivity index (χ1) is 7.19. The molecule has 0 heterocycles. The van der Waals surface area contributed by atoms with Crippen molar-refractivity contribution in [3.05, 3.63) is 0 Å². The number of aliphatic hydroxyl groups is 1. The molecular formula is C14H24O. The van der Waals surface area contributed by atoms with Gasteiger partial charge in [0.15, 0.2) is 0 Å². The number of hydrogen-bond acceptors (Lipinski definition) is 1. The molecule has 0 amide bonds. The standard InChI is InChI=1S/C14H24O/c1-14-7-2-3-12(10-4-5-10)13(14)9-11(15)6-8-14/h10-13,15H,2-9H2,1H3. The SMILES string of the molecule is CC12CCCC(C3CC3)C1CC(O)CC2. The van der Waals surface area contributed by atoms with Gasteiger partial charge in [0.2, 0.25) is 0 Å².